The average Bonchev–Trinajstić information content (AvgIpc) is 2.89. The molecule has 2 aromatic rings. The van der Waals surface area contributed by atoms with E-state index < -0.39 is 0 Å². The highest BCUT2D eigenvalue weighted by atomic mass is 16.1. The van der Waals surface area contributed by atoms with E-state index in [4.69, 9.17) is 5.73 Å². The molecule has 104 valence electrons. The monoisotopic (exact) mass is 269 g/mol. The van der Waals surface area contributed by atoms with Gasteiger partial charge in [-0.05, 0) is 43.0 Å². The Balaban J connectivity index is 1.69. The summed E-state index contributed by atoms with van der Waals surface area (Å²) >= 11 is 0. The van der Waals surface area contributed by atoms with Gasteiger partial charge in [0.15, 0.2) is 0 Å². The van der Waals surface area contributed by atoms with Gasteiger partial charge in [-0.2, -0.15) is 0 Å². The Morgan fingerprint density at radius 3 is 3.05 bits per heavy atom. The lowest BCUT2D eigenvalue weighted by Gasteiger charge is -2.16. The Kier molecular flexibility index (Phi) is 3.65. The minimum Gasteiger partial charge on any atom is -0.352 e. The predicted molar refractivity (Wildman–Crippen MR) is 79.4 cm³/mol. The third kappa shape index (κ3) is 2.65. The number of pyridine rings is 1. The molecule has 1 fully saturated rings. The van der Waals surface area contributed by atoms with Gasteiger partial charge in [-0.1, -0.05) is 12.5 Å². The van der Waals surface area contributed by atoms with Crippen LogP contribution in [0, 0.1) is 5.92 Å². The molecule has 20 heavy (non-hydrogen) atoms. The molecule has 3 N–H and O–H groups in total. The molecule has 4 heteroatoms. The van der Waals surface area contributed by atoms with E-state index in [9.17, 15) is 4.79 Å². The molecule has 1 aliphatic rings. The van der Waals surface area contributed by atoms with Crippen LogP contribution >= 0.6 is 0 Å². The van der Waals surface area contributed by atoms with Crippen molar-refractivity contribution in [1.82, 2.24) is 10.3 Å². The van der Waals surface area contributed by atoms with Crippen molar-refractivity contribution >= 4 is 16.8 Å². The van der Waals surface area contributed by atoms with Crippen LogP contribution in [-0.2, 0) is 0 Å². The molecule has 0 bridgehead atoms. The van der Waals surface area contributed by atoms with Crippen LogP contribution in [0.3, 0.4) is 0 Å². The number of nitrogens with two attached hydrogens (primary N) is 1. The van der Waals surface area contributed by atoms with Crippen LogP contribution in [0.5, 0.6) is 0 Å². The van der Waals surface area contributed by atoms with Crippen molar-refractivity contribution in [3.63, 3.8) is 0 Å². The summed E-state index contributed by atoms with van der Waals surface area (Å²) < 4.78 is 0. The summed E-state index contributed by atoms with van der Waals surface area (Å²) in [5.41, 5.74) is 7.60. The molecule has 1 amide bonds. The molecular formula is C16H19N3O. The lowest BCUT2D eigenvalue weighted by molar-refractivity contribution is 0.0946. The van der Waals surface area contributed by atoms with Gasteiger partial charge >= 0.3 is 0 Å². The van der Waals surface area contributed by atoms with Crippen LogP contribution in [0.15, 0.2) is 36.5 Å². The van der Waals surface area contributed by atoms with E-state index in [2.05, 4.69) is 10.3 Å². The van der Waals surface area contributed by atoms with Crippen LogP contribution in [-0.4, -0.2) is 23.5 Å². The Bertz CT molecular complexity index is 626. The first kappa shape index (κ1) is 13.1. The minimum atomic E-state index is -0.0325. The Morgan fingerprint density at radius 2 is 2.25 bits per heavy atom. The van der Waals surface area contributed by atoms with E-state index in [1.54, 1.807) is 6.20 Å². The Labute approximate surface area is 118 Å². The highest BCUT2D eigenvalue weighted by molar-refractivity contribution is 5.97. The van der Waals surface area contributed by atoms with Gasteiger partial charge in [-0.3, -0.25) is 9.78 Å². The normalized spacial score (nSPS) is 22.1. The number of fused-ring (bicyclic) bond motifs is 1. The zero-order valence-electron chi connectivity index (χ0n) is 11.4. The molecule has 0 aliphatic heterocycles. The van der Waals surface area contributed by atoms with Crippen LogP contribution in [0.1, 0.15) is 29.6 Å². The van der Waals surface area contributed by atoms with E-state index in [1.165, 1.54) is 6.42 Å². The van der Waals surface area contributed by atoms with E-state index in [0.717, 1.165) is 23.7 Å². The molecule has 3 rings (SSSR count). The molecule has 2 atom stereocenters. The van der Waals surface area contributed by atoms with Crippen LogP contribution < -0.4 is 11.1 Å². The van der Waals surface area contributed by atoms with Gasteiger partial charge in [0, 0.05) is 29.7 Å². The van der Waals surface area contributed by atoms with Crippen molar-refractivity contribution in [2.45, 2.75) is 25.3 Å². The molecule has 0 spiro atoms. The van der Waals surface area contributed by atoms with Crippen molar-refractivity contribution in [3.05, 3.63) is 42.1 Å². The quantitative estimate of drug-likeness (QED) is 0.896. The summed E-state index contributed by atoms with van der Waals surface area (Å²) in [7, 11) is 0. The van der Waals surface area contributed by atoms with Gasteiger partial charge in [-0.15, -0.1) is 0 Å². The molecule has 1 aromatic heterocycles. The molecule has 0 radical (unpaired) electrons. The number of carbonyl (C=O) groups is 1. The largest absolute Gasteiger partial charge is 0.352 e. The van der Waals surface area contributed by atoms with Crippen molar-refractivity contribution in [2.24, 2.45) is 11.7 Å². The number of nitrogens with one attached hydrogen (secondary N) is 1. The van der Waals surface area contributed by atoms with Crippen LogP contribution in [0.2, 0.25) is 0 Å². The number of nitrogens with zero attached hydrogens (tertiary/aromatic N) is 1. The average molecular weight is 269 g/mol. The Morgan fingerprint density at radius 1 is 1.35 bits per heavy atom. The molecule has 4 nitrogen and oxygen atoms in total. The number of aromatic nitrogens is 1. The molecule has 0 saturated heterocycles. The number of hydrogen-bond donors (Lipinski definition) is 2. The fraction of sp³-hybridized carbons (Fsp3) is 0.375. The van der Waals surface area contributed by atoms with Crippen molar-refractivity contribution in [3.8, 4) is 0 Å². The highest BCUT2D eigenvalue weighted by Gasteiger charge is 2.24. The predicted octanol–water partition coefficient (Wildman–Crippen LogP) is 2.09. The summed E-state index contributed by atoms with van der Waals surface area (Å²) in [5, 5.41) is 3.98. The van der Waals surface area contributed by atoms with E-state index in [0.29, 0.717) is 18.0 Å². The number of amides is 1. The van der Waals surface area contributed by atoms with Crippen LogP contribution in [0.4, 0.5) is 0 Å². The molecule has 1 aromatic carbocycles. The third-order valence-electron chi connectivity index (χ3n) is 4.11. The second kappa shape index (κ2) is 5.59. The summed E-state index contributed by atoms with van der Waals surface area (Å²) in [4.78, 5) is 16.4. The fourth-order valence-electron chi connectivity index (χ4n) is 2.86. The number of carbonyl (C=O) groups excluding carboxylic acids is 1. The molecule has 2 unspecified atom stereocenters. The van der Waals surface area contributed by atoms with Gasteiger partial charge in [0.05, 0.1) is 5.52 Å². The first-order chi connectivity index (χ1) is 9.74. The Hall–Kier alpha value is -1.94. The SMILES string of the molecule is NC1CCCC1CNC(=O)c1ccc2ncccc2c1. The first-order valence-electron chi connectivity index (χ1n) is 7.12. The lowest BCUT2D eigenvalue weighted by Crippen LogP contribution is -2.35. The van der Waals surface area contributed by atoms with E-state index in [-0.39, 0.29) is 11.9 Å². The lowest BCUT2D eigenvalue weighted by atomic mass is 10.0. The van der Waals surface area contributed by atoms with Crippen molar-refractivity contribution < 1.29 is 4.79 Å². The van der Waals surface area contributed by atoms with E-state index >= 15 is 0 Å². The van der Waals surface area contributed by atoms with Gasteiger partial charge in [-0.25, -0.2) is 0 Å². The maximum absolute atomic E-state index is 12.2. The van der Waals surface area contributed by atoms with E-state index in [1.807, 2.05) is 30.3 Å². The van der Waals surface area contributed by atoms with Gasteiger partial charge in [0.1, 0.15) is 0 Å². The molecule has 1 saturated carbocycles. The topological polar surface area (TPSA) is 68.0 Å². The number of benzene rings is 1. The van der Waals surface area contributed by atoms with Crippen LogP contribution in [0.25, 0.3) is 10.9 Å². The molecule has 1 aliphatic carbocycles. The standard InChI is InChI=1S/C16H19N3O/c17-14-5-1-3-13(14)10-19-16(20)12-6-7-15-11(9-12)4-2-8-18-15/h2,4,6-9,13-14H,1,3,5,10,17H2,(H,19,20). The summed E-state index contributed by atoms with van der Waals surface area (Å²) in [6, 6.07) is 9.65. The minimum absolute atomic E-state index is 0.0325. The smallest absolute Gasteiger partial charge is 0.251 e. The fourth-order valence-corrected chi connectivity index (χ4v) is 2.86. The van der Waals surface area contributed by atoms with Crippen molar-refractivity contribution in [2.75, 3.05) is 6.54 Å². The molecular weight excluding hydrogens is 250 g/mol. The van der Waals surface area contributed by atoms with Crippen molar-refractivity contribution in [1.29, 1.82) is 0 Å². The highest BCUT2D eigenvalue weighted by Crippen LogP contribution is 2.23. The number of rotatable bonds is 3. The summed E-state index contributed by atoms with van der Waals surface area (Å²) in [6.45, 7) is 0.672. The first-order valence-corrected chi connectivity index (χ1v) is 7.12. The third-order valence-corrected chi connectivity index (χ3v) is 4.11. The summed E-state index contributed by atoms with van der Waals surface area (Å²) in [6.07, 6.45) is 5.11. The maximum atomic E-state index is 12.2. The summed E-state index contributed by atoms with van der Waals surface area (Å²) in [5.74, 6) is 0.385. The van der Waals surface area contributed by atoms with Gasteiger partial charge < -0.3 is 11.1 Å². The molecule has 1 heterocycles. The van der Waals surface area contributed by atoms with Gasteiger partial charge in [0.25, 0.3) is 5.91 Å². The second-order valence-corrected chi connectivity index (χ2v) is 5.48. The maximum Gasteiger partial charge on any atom is 0.251 e. The van der Waals surface area contributed by atoms with Gasteiger partial charge in [0.2, 0.25) is 0 Å². The second-order valence-electron chi connectivity index (χ2n) is 5.48. The zero-order valence-corrected chi connectivity index (χ0v) is 11.4. The zero-order chi connectivity index (χ0) is 13.9. The number of hydrogen-bond acceptors (Lipinski definition) is 3.